The van der Waals surface area contributed by atoms with E-state index in [9.17, 15) is 4.79 Å². The van der Waals surface area contributed by atoms with Crippen molar-refractivity contribution in [2.24, 2.45) is 0 Å². The van der Waals surface area contributed by atoms with E-state index in [0.717, 1.165) is 25.7 Å². The van der Waals surface area contributed by atoms with Gasteiger partial charge in [0.1, 0.15) is 6.10 Å². The lowest BCUT2D eigenvalue weighted by Crippen LogP contribution is -2.05. The molecular formula is C20H31O4. The number of carbonyl (C=O) groups is 1. The Bertz CT molecular complexity index is 412. The first-order valence-electron chi connectivity index (χ1n) is 9.08. The number of hydrogen-bond acceptors (Lipinski definition) is 3. The highest BCUT2D eigenvalue weighted by Gasteiger charge is 2.24. The van der Waals surface area contributed by atoms with E-state index in [4.69, 9.17) is 14.9 Å². The molecule has 1 fully saturated rings. The molecule has 0 amide bonds. The maximum absolute atomic E-state index is 10.4. The zero-order valence-corrected chi connectivity index (χ0v) is 14.7. The molecule has 0 aliphatic carbocycles. The minimum atomic E-state index is -0.735. The molecule has 1 N–H and O–H groups in total. The molecule has 0 aromatic carbocycles. The number of carboxylic acids is 1. The first-order valence-corrected chi connectivity index (χ1v) is 9.08. The third-order valence-electron chi connectivity index (χ3n) is 3.78. The maximum atomic E-state index is 10.4. The van der Waals surface area contributed by atoms with Gasteiger partial charge in [-0.3, -0.25) is 4.79 Å². The monoisotopic (exact) mass is 335 g/mol. The Morgan fingerprint density at radius 1 is 1.04 bits per heavy atom. The molecule has 0 bridgehead atoms. The predicted molar refractivity (Wildman–Crippen MR) is 96.3 cm³/mol. The van der Waals surface area contributed by atoms with E-state index in [2.05, 4.69) is 25.5 Å². The minimum absolute atomic E-state index is 0.0195. The van der Waals surface area contributed by atoms with Crippen LogP contribution in [0.2, 0.25) is 0 Å². The second kappa shape index (κ2) is 14.0. The smallest absolute Gasteiger partial charge is 0.303 e. The van der Waals surface area contributed by atoms with Gasteiger partial charge < -0.3 is 5.11 Å². The highest BCUT2D eigenvalue weighted by molar-refractivity contribution is 5.66. The van der Waals surface area contributed by atoms with Crippen molar-refractivity contribution in [3.8, 4) is 0 Å². The predicted octanol–water partition coefficient (Wildman–Crippen LogP) is 5.17. The lowest BCUT2D eigenvalue weighted by molar-refractivity contribution is -0.282. The van der Waals surface area contributed by atoms with Gasteiger partial charge in [0.05, 0.1) is 6.10 Å². The van der Waals surface area contributed by atoms with Gasteiger partial charge in [-0.15, -0.1) is 0 Å². The molecule has 0 unspecified atom stereocenters. The van der Waals surface area contributed by atoms with Crippen molar-refractivity contribution >= 4 is 5.97 Å². The Balaban J connectivity index is 2.04. The number of aliphatic carboxylic acids is 1. The lowest BCUT2D eigenvalue weighted by atomic mass is 10.1. The van der Waals surface area contributed by atoms with E-state index in [1.807, 2.05) is 24.3 Å². The lowest BCUT2D eigenvalue weighted by Gasteiger charge is -2.02. The van der Waals surface area contributed by atoms with E-state index in [1.165, 1.54) is 19.3 Å². The molecule has 0 spiro atoms. The zero-order chi connectivity index (χ0) is 17.5. The molecule has 4 heteroatoms. The van der Waals surface area contributed by atoms with Crippen molar-refractivity contribution in [2.75, 3.05) is 0 Å². The standard InChI is InChI=1S/C20H31O4/c1-2-3-4-5-6-8-11-14-18-17-19(24-23-18)15-12-9-7-10-13-16-20(21)22/h6-9,11,14-15,18-19H,2-5,10,12-13,16-17H2,1H3,(H,21,22)/b8-6-,9-7-,14-11+/t18-,19+/m0/s1. The Labute approximate surface area is 146 Å². The fraction of sp³-hybridized carbons (Fsp3) is 0.600. The van der Waals surface area contributed by atoms with Crippen LogP contribution in [-0.2, 0) is 14.6 Å². The first kappa shape index (κ1) is 20.7. The van der Waals surface area contributed by atoms with Gasteiger partial charge in [0.2, 0.25) is 0 Å². The van der Waals surface area contributed by atoms with Gasteiger partial charge in [-0.2, -0.15) is 0 Å². The van der Waals surface area contributed by atoms with Crippen LogP contribution in [-0.4, -0.2) is 23.3 Å². The summed E-state index contributed by atoms with van der Waals surface area (Å²) in [6.45, 7) is 2.21. The fourth-order valence-corrected chi connectivity index (χ4v) is 2.39. The number of rotatable bonds is 13. The molecule has 1 aliphatic rings. The summed E-state index contributed by atoms with van der Waals surface area (Å²) in [5.41, 5.74) is 0. The summed E-state index contributed by atoms with van der Waals surface area (Å²) >= 11 is 0. The highest BCUT2D eigenvalue weighted by atomic mass is 17.2. The van der Waals surface area contributed by atoms with Gasteiger partial charge in [-0.25, -0.2) is 9.78 Å². The van der Waals surface area contributed by atoms with Crippen LogP contribution in [0.25, 0.3) is 0 Å². The summed E-state index contributed by atoms with van der Waals surface area (Å²) in [5, 5.41) is 8.54. The average Bonchev–Trinajstić information content (AvgIpc) is 3.00. The molecule has 0 aromatic heterocycles. The molecule has 2 atom stereocenters. The largest absolute Gasteiger partial charge is 0.481 e. The molecule has 1 aliphatic heterocycles. The number of hydrogen-bond donors (Lipinski definition) is 1. The summed E-state index contributed by atoms with van der Waals surface area (Å²) in [6.07, 6.45) is 22.9. The summed E-state index contributed by atoms with van der Waals surface area (Å²) < 4.78 is 0. The summed E-state index contributed by atoms with van der Waals surface area (Å²) in [7, 11) is 0. The average molecular weight is 335 g/mol. The molecule has 135 valence electrons. The van der Waals surface area contributed by atoms with Crippen LogP contribution >= 0.6 is 0 Å². The van der Waals surface area contributed by atoms with Gasteiger partial charge in [-0.1, -0.05) is 56.2 Å². The summed E-state index contributed by atoms with van der Waals surface area (Å²) in [4.78, 5) is 21.0. The van der Waals surface area contributed by atoms with Crippen LogP contribution < -0.4 is 0 Å². The number of carboxylic acid groups (broad SMARTS) is 1. The zero-order valence-electron chi connectivity index (χ0n) is 14.7. The Morgan fingerprint density at radius 3 is 2.62 bits per heavy atom. The third-order valence-corrected chi connectivity index (χ3v) is 3.78. The van der Waals surface area contributed by atoms with Crippen LogP contribution in [0.5, 0.6) is 0 Å². The molecular weight excluding hydrogens is 304 g/mol. The fourth-order valence-electron chi connectivity index (χ4n) is 2.39. The topological polar surface area (TPSA) is 55.8 Å². The number of allylic oxidation sites excluding steroid dienone is 5. The van der Waals surface area contributed by atoms with Crippen molar-refractivity contribution in [3.63, 3.8) is 0 Å². The first-order chi connectivity index (χ1) is 11.7. The Kier molecular flexibility index (Phi) is 12.0. The molecule has 1 rings (SSSR count). The summed E-state index contributed by atoms with van der Waals surface area (Å²) in [5.74, 6) is -0.735. The van der Waals surface area contributed by atoms with Crippen molar-refractivity contribution in [1.29, 1.82) is 0 Å². The van der Waals surface area contributed by atoms with Gasteiger partial charge >= 0.3 is 5.97 Å². The molecule has 24 heavy (non-hydrogen) atoms. The van der Waals surface area contributed by atoms with Gasteiger partial charge in [0.25, 0.3) is 0 Å². The van der Waals surface area contributed by atoms with Crippen LogP contribution in [0.4, 0.5) is 0 Å². The maximum Gasteiger partial charge on any atom is 0.303 e. The van der Waals surface area contributed by atoms with Crippen molar-refractivity contribution in [3.05, 3.63) is 42.9 Å². The van der Waals surface area contributed by atoms with E-state index in [1.54, 1.807) is 0 Å². The van der Waals surface area contributed by atoms with Crippen molar-refractivity contribution in [1.82, 2.24) is 0 Å². The van der Waals surface area contributed by atoms with E-state index < -0.39 is 5.97 Å². The van der Waals surface area contributed by atoms with E-state index in [0.29, 0.717) is 6.42 Å². The van der Waals surface area contributed by atoms with Gasteiger partial charge in [0.15, 0.2) is 0 Å². The van der Waals surface area contributed by atoms with Gasteiger partial charge in [0, 0.05) is 12.8 Å². The third kappa shape index (κ3) is 11.2. The highest BCUT2D eigenvalue weighted by Crippen LogP contribution is 2.21. The van der Waals surface area contributed by atoms with Crippen molar-refractivity contribution in [2.45, 2.75) is 76.9 Å². The van der Waals surface area contributed by atoms with Crippen LogP contribution in [0, 0.1) is 6.42 Å². The summed E-state index contributed by atoms with van der Waals surface area (Å²) in [6, 6.07) is 0. The minimum Gasteiger partial charge on any atom is -0.481 e. The van der Waals surface area contributed by atoms with E-state index in [-0.39, 0.29) is 18.6 Å². The molecule has 4 nitrogen and oxygen atoms in total. The Morgan fingerprint density at radius 2 is 1.83 bits per heavy atom. The van der Waals surface area contributed by atoms with Crippen molar-refractivity contribution < 1.29 is 19.7 Å². The second-order valence-corrected chi connectivity index (χ2v) is 6.04. The quantitative estimate of drug-likeness (QED) is 0.218. The SMILES string of the molecule is CCCCC/C=C\C=C\[C@H]1C[C@@H]([CH]C/C=C\CCCC(=O)O)OO1. The van der Waals surface area contributed by atoms with Crippen LogP contribution in [0.1, 0.15) is 64.7 Å². The Hall–Kier alpha value is -1.39. The second-order valence-electron chi connectivity index (χ2n) is 6.04. The van der Waals surface area contributed by atoms with Crippen LogP contribution in [0.3, 0.4) is 0 Å². The molecule has 0 aromatic rings. The van der Waals surface area contributed by atoms with Gasteiger partial charge in [-0.05, 0) is 38.5 Å². The molecule has 0 saturated carbocycles. The number of unbranched alkanes of at least 4 members (excludes halogenated alkanes) is 4. The van der Waals surface area contributed by atoms with Crippen LogP contribution in [0.15, 0.2) is 36.5 Å². The molecule has 1 saturated heterocycles. The molecule has 1 heterocycles. The van der Waals surface area contributed by atoms with E-state index >= 15 is 0 Å². The normalized spacial score (nSPS) is 21.5. The molecule has 1 radical (unpaired) electrons.